The highest BCUT2D eigenvalue weighted by molar-refractivity contribution is 9.10. The highest BCUT2D eigenvalue weighted by Gasteiger charge is 2.06. The van der Waals surface area contributed by atoms with E-state index >= 15 is 0 Å². The Balaban J connectivity index is 1.92. The number of hydrogen-bond donors (Lipinski definition) is 1. The molecule has 0 fully saturated rings. The first kappa shape index (κ1) is 13.4. The minimum absolute atomic E-state index is 0.673. The number of benzene rings is 2. The van der Waals surface area contributed by atoms with Gasteiger partial charge in [-0.1, -0.05) is 45.7 Å². The molecule has 1 N–H and O–H groups in total. The van der Waals surface area contributed by atoms with Gasteiger partial charge < -0.3 is 5.32 Å². The van der Waals surface area contributed by atoms with Gasteiger partial charge in [-0.25, -0.2) is 0 Å². The molecule has 0 aliphatic heterocycles. The van der Waals surface area contributed by atoms with Crippen molar-refractivity contribution in [3.8, 4) is 0 Å². The van der Waals surface area contributed by atoms with E-state index in [1.165, 1.54) is 5.56 Å². The molecule has 0 aliphatic rings. The molecule has 3 rings (SSSR count). The molecule has 1 aromatic heterocycles. The molecule has 3 aromatic rings. The number of fused-ring (bicyclic) bond motifs is 1. The molecule has 0 atom stereocenters. The zero-order valence-corrected chi connectivity index (χ0v) is 12.9. The Morgan fingerprint density at radius 2 is 1.90 bits per heavy atom. The van der Waals surface area contributed by atoms with Crippen LogP contribution in [-0.2, 0) is 6.54 Å². The van der Waals surface area contributed by atoms with E-state index in [1.807, 2.05) is 42.5 Å². The van der Waals surface area contributed by atoms with Gasteiger partial charge in [0.15, 0.2) is 0 Å². The van der Waals surface area contributed by atoms with Gasteiger partial charge in [0, 0.05) is 28.3 Å². The highest BCUT2D eigenvalue weighted by Crippen LogP contribution is 2.28. The SMILES string of the molecule is Clc1ccc(NCc2ccccc2Br)c2cccnc12. The van der Waals surface area contributed by atoms with Crippen LogP contribution in [0.15, 0.2) is 59.2 Å². The van der Waals surface area contributed by atoms with E-state index in [2.05, 4.69) is 32.3 Å². The minimum atomic E-state index is 0.673. The van der Waals surface area contributed by atoms with Crippen LogP contribution in [0.4, 0.5) is 5.69 Å². The third-order valence-corrected chi connectivity index (χ3v) is 4.23. The van der Waals surface area contributed by atoms with Crippen LogP contribution in [0.2, 0.25) is 5.02 Å². The molecule has 100 valence electrons. The van der Waals surface area contributed by atoms with E-state index in [0.717, 1.165) is 27.6 Å². The first-order chi connectivity index (χ1) is 9.75. The van der Waals surface area contributed by atoms with E-state index in [1.54, 1.807) is 6.20 Å². The summed E-state index contributed by atoms with van der Waals surface area (Å²) < 4.78 is 1.10. The van der Waals surface area contributed by atoms with Gasteiger partial charge in [0.05, 0.1) is 10.5 Å². The molecule has 2 aromatic carbocycles. The molecule has 0 radical (unpaired) electrons. The fraction of sp³-hybridized carbons (Fsp3) is 0.0625. The lowest BCUT2D eigenvalue weighted by atomic mass is 10.1. The predicted octanol–water partition coefficient (Wildman–Crippen LogP) is 5.26. The third-order valence-electron chi connectivity index (χ3n) is 3.15. The largest absolute Gasteiger partial charge is 0.380 e. The van der Waals surface area contributed by atoms with Crippen molar-refractivity contribution in [3.63, 3.8) is 0 Å². The molecule has 0 unspecified atom stereocenters. The summed E-state index contributed by atoms with van der Waals surface area (Å²) in [4.78, 5) is 4.33. The second-order valence-corrected chi connectivity index (χ2v) is 5.70. The molecule has 0 aliphatic carbocycles. The standard InChI is InChI=1S/C16H12BrClN2/c17-13-6-2-1-4-11(13)10-20-15-8-7-14(18)16-12(15)5-3-9-19-16/h1-9,20H,10H2. The summed E-state index contributed by atoms with van der Waals surface area (Å²) in [5.74, 6) is 0. The quantitative estimate of drug-likeness (QED) is 0.699. The van der Waals surface area contributed by atoms with Crippen molar-refractivity contribution in [3.05, 3.63) is 69.8 Å². The van der Waals surface area contributed by atoms with Crippen LogP contribution in [0.3, 0.4) is 0 Å². The molecule has 4 heteroatoms. The van der Waals surface area contributed by atoms with Crippen LogP contribution in [0.25, 0.3) is 10.9 Å². The fourth-order valence-corrected chi connectivity index (χ4v) is 2.76. The zero-order valence-electron chi connectivity index (χ0n) is 10.6. The Morgan fingerprint density at radius 1 is 1.05 bits per heavy atom. The van der Waals surface area contributed by atoms with E-state index in [-0.39, 0.29) is 0 Å². The first-order valence-electron chi connectivity index (χ1n) is 6.26. The van der Waals surface area contributed by atoms with Gasteiger partial charge in [-0.3, -0.25) is 4.98 Å². The Hall–Kier alpha value is -1.58. The second-order valence-electron chi connectivity index (χ2n) is 4.44. The van der Waals surface area contributed by atoms with Crippen molar-refractivity contribution in [2.75, 3.05) is 5.32 Å². The van der Waals surface area contributed by atoms with Gasteiger partial charge in [-0.05, 0) is 35.9 Å². The fourth-order valence-electron chi connectivity index (χ4n) is 2.12. The smallest absolute Gasteiger partial charge is 0.0908 e. The molecule has 2 nitrogen and oxygen atoms in total. The average Bonchev–Trinajstić information content (AvgIpc) is 2.48. The van der Waals surface area contributed by atoms with Gasteiger partial charge in [0.2, 0.25) is 0 Å². The number of rotatable bonds is 3. The van der Waals surface area contributed by atoms with Gasteiger partial charge >= 0.3 is 0 Å². The molecular weight excluding hydrogens is 336 g/mol. The summed E-state index contributed by atoms with van der Waals surface area (Å²) in [6, 6.07) is 16.0. The first-order valence-corrected chi connectivity index (χ1v) is 7.43. The van der Waals surface area contributed by atoms with Gasteiger partial charge in [0.1, 0.15) is 0 Å². The Morgan fingerprint density at radius 3 is 2.75 bits per heavy atom. The van der Waals surface area contributed by atoms with E-state index < -0.39 is 0 Å². The normalized spacial score (nSPS) is 10.7. The number of aromatic nitrogens is 1. The molecule has 0 saturated heterocycles. The molecular formula is C16H12BrClN2. The maximum absolute atomic E-state index is 6.17. The molecule has 0 amide bonds. The number of hydrogen-bond acceptors (Lipinski definition) is 2. The molecule has 1 heterocycles. The summed E-state index contributed by atoms with van der Waals surface area (Å²) in [7, 11) is 0. The zero-order chi connectivity index (χ0) is 13.9. The van der Waals surface area contributed by atoms with Crippen LogP contribution >= 0.6 is 27.5 Å². The maximum atomic E-state index is 6.17. The summed E-state index contributed by atoms with van der Waals surface area (Å²) in [5.41, 5.74) is 3.07. The summed E-state index contributed by atoms with van der Waals surface area (Å²) >= 11 is 9.73. The van der Waals surface area contributed by atoms with Crippen molar-refractivity contribution < 1.29 is 0 Å². The Labute approximate surface area is 130 Å². The molecule has 20 heavy (non-hydrogen) atoms. The van der Waals surface area contributed by atoms with Crippen LogP contribution < -0.4 is 5.32 Å². The summed E-state index contributed by atoms with van der Waals surface area (Å²) in [6.07, 6.45) is 1.76. The van der Waals surface area contributed by atoms with Gasteiger partial charge in [-0.15, -0.1) is 0 Å². The van der Waals surface area contributed by atoms with Gasteiger partial charge in [-0.2, -0.15) is 0 Å². The van der Waals surface area contributed by atoms with Gasteiger partial charge in [0.25, 0.3) is 0 Å². The third kappa shape index (κ3) is 2.65. The molecule has 0 saturated carbocycles. The Kier molecular flexibility index (Phi) is 3.90. The lowest BCUT2D eigenvalue weighted by Gasteiger charge is -2.11. The number of halogens is 2. The number of nitrogens with one attached hydrogen (secondary N) is 1. The van der Waals surface area contributed by atoms with E-state index in [0.29, 0.717) is 5.02 Å². The maximum Gasteiger partial charge on any atom is 0.0908 e. The van der Waals surface area contributed by atoms with E-state index in [4.69, 9.17) is 11.6 Å². The molecule has 0 bridgehead atoms. The van der Waals surface area contributed by atoms with Crippen LogP contribution in [0.1, 0.15) is 5.56 Å². The van der Waals surface area contributed by atoms with Crippen LogP contribution in [0, 0.1) is 0 Å². The van der Waals surface area contributed by atoms with Crippen molar-refractivity contribution >= 4 is 44.1 Å². The number of anilines is 1. The Bertz CT molecular complexity index is 758. The summed E-state index contributed by atoms with van der Waals surface area (Å²) in [5, 5.41) is 5.15. The van der Waals surface area contributed by atoms with Crippen LogP contribution in [-0.4, -0.2) is 4.98 Å². The lowest BCUT2D eigenvalue weighted by Crippen LogP contribution is -2.01. The van der Waals surface area contributed by atoms with Crippen molar-refractivity contribution in [2.24, 2.45) is 0 Å². The summed E-state index contributed by atoms with van der Waals surface area (Å²) in [6.45, 7) is 0.743. The van der Waals surface area contributed by atoms with Crippen molar-refractivity contribution in [2.45, 2.75) is 6.54 Å². The average molecular weight is 348 g/mol. The van der Waals surface area contributed by atoms with Crippen LogP contribution in [0.5, 0.6) is 0 Å². The monoisotopic (exact) mass is 346 g/mol. The highest BCUT2D eigenvalue weighted by atomic mass is 79.9. The molecule has 0 spiro atoms. The number of pyridine rings is 1. The topological polar surface area (TPSA) is 24.9 Å². The van der Waals surface area contributed by atoms with Crippen molar-refractivity contribution in [1.29, 1.82) is 0 Å². The van der Waals surface area contributed by atoms with Crippen molar-refractivity contribution in [1.82, 2.24) is 4.98 Å². The predicted molar refractivity (Wildman–Crippen MR) is 88.2 cm³/mol. The number of nitrogens with zero attached hydrogens (tertiary/aromatic N) is 1. The second kappa shape index (κ2) is 5.81. The minimum Gasteiger partial charge on any atom is -0.380 e. The lowest BCUT2D eigenvalue weighted by molar-refractivity contribution is 1.14. The van der Waals surface area contributed by atoms with E-state index in [9.17, 15) is 0 Å².